The minimum absolute atomic E-state index is 0.0512. The molecule has 1 N–H and O–H groups in total. The quantitative estimate of drug-likeness (QED) is 0.781. The van der Waals surface area contributed by atoms with Crippen LogP contribution in [0.5, 0.6) is 0 Å². The molecular formula is C23H26N2O4. The van der Waals surface area contributed by atoms with Crippen molar-refractivity contribution < 1.29 is 19.1 Å². The van der Waals surface area contributed by atoms with Crippen molar-refractivity contribution >= 4 is 29.2 Å². The van der Waals surface area contributed by atoms with Crippen LogP contribution in [0.1, 0.15) is 47.7 Å². The summed E-state index contributed by atoms with van der Waals surface area (Å²) in [5, 5.41) is 2.82. The van der Waals surface area contributed by atoms with E-state index in [0.717, 1.165) is 16.8 Å². The van der Waals surface area contributed by atoms with E-state index < -0.39 is 11.9 Å². The molecule has 152 valence electrons. The molecule has 2 aromatic rings. The van der Waals surface area contributed by atoms with Gasteiger partial charge >= 0.3 is 5.97 Å². The molecule has 6 nitrogen and oxygen atoms in total. The van der Waals surface area contributed by atoms with E-state index in [2.05, 4.69) is 19.2 Å². The van der Waals surface area contributed by atoms with Crippen molar-refractivity contribution in [3.8, 4) is 0 Å². The fraction of sp³-hybridized carbons (Fsp3) is 0.348. The van der Waals surface area contributed by atoms with Gasteiger partial charge in [0.15, 0.2) is 0 Å². The molecular weight excluding hydrogens is 368 g/mol. The van der Waals surface area contributed by atoms with E-state index in [-0.39, 0.29) is 24.2 Å². The molecule has 1 unspecified atom stereocenters. The Morgan fingerprint density at radius 2 is 1.90 bits per heavy atom. The molecule has 0 spiro atoms. The highest BCUT2D eigenvalue weighted by Crippen LogP contribution is 2.35. The van der Waals surface area contributed by atoms with Crippen LogP contribution in [-0.2, 0) is 14.3 Å². The highest BCUT2D eigenvalue weighted by atomic mass is 16.5. The fourth-order valence-corrected chi connectivity index (χ4v) is 3.70. The van der Waals surface area contributed by atoms with Gasteiger partial charge in [-0.1, -0.05) is 38.1 Å². The maximum absolute atomic E-state index is 12.8. The monoisotopic (exact) mass is 394 g/mol. The van der Waals surface area contributed by atoms with Gasteiger partial charge in [-0.05, 0) is 42.2 Å². The molecule has 0 radical (unpaired) electrons. The number of para-hydroxylation sites is 1. The molecule has 0 saturated carbocycles. The van der Waals surface area contributed by atoms with E-state index in [9.17, 15) is 14.4 Å². The first-order valence-electron chi connectivity index (χ1n) is 9.71. The lowest BCUT2D eigenvalue weighted by Gasteiger charge is -2.24. The van der Waals surface area contributed by atoms with Gasteiger partial charge in [0, 0.05) is 24.3 Å². The van der Waals surface area contributed by atoms with E-state index in [4.69, 9.17) is 4.74 Å². The highest BCUT2D eigenvalue weighted by molar-refractivity contribution is 6.04. The molecule has 29 heavy (non-hydrogen) atoms. The number of nitrogens with one attached hydrogen (secondary N) is 1. The van der Waals surface area contributed by atoms with Crippen molar-refractivity contribution in [2.24, 2.45) is 5.92 Å². The number of anilines is 2. The average molecular weight is 394 g/mol. The van der Waals surface area contributed by atoms with Crippen LogP contribution in [0.4, 0.5) is 11.4 Å². The van der Waals surface area contributed by atoms with Crippen LogP contribution in [0, 0.1) is 12.8 Å². The summed E-state index contributed by atoms with van der Waals surface area (Å²) in [4.78, 5) is 38.9. The zero-order valence-corrected chi connectivity index (χ0v) is 17.2. The number of methoxy groups -OCH3 is 1. The van der Waals surface area contributed by atoms with Crippen LogP contribution in [0.25, 0.3) is 0 Å². The number of benzene rings is 2. The molecule has 1 saturated heterocycles. The van der Waals surface area contributed by atoms with Crippen LogP contribution in [0.2, 0.25) is 0 Å². The second-order valence-electron chi connectivity index (χ2n) is 7.63. The summed E-state index contributed by atoms with van der Waals surface area (Å²) in [5.41, 5.74) is 3.90. The topological polar surface area (TPSA) is 75.7 Å². The number of esters is 1. The van der Waals surface area contributed by atoms with Gasteiger partial charge in [0.05, 0.1) is 18.6 Å². The van der Waals surface area contributed by atoms with Gasteiger partial charge in [-0.2, -0.15) is 0 Å². The van der Waals surface area contributed by atoms with Crippen LogP contribution in [0.3, 0.4) is 0 Å². The lowest BCUT2D eigenvalue weighted by Crippen LogP contribution is -2.29. The van der Waals surface area contributed by atoms with Crippen molar-refractivity contribution in [1.29, 1.82) is 0 Å². The SMILES string of the molecule is COC(=O)c1cccc(NC(=O)C2CC(=O)N(c3c(C)cccc3C(C)C)C2)c1. The van der Waals surface area contributed by atoms with E-state index in [1.54, 1.807) is 29.2 Å². The molecule has 2 amide bonds. The molecule has 1 heterocycles. The van der Waals surface area contributed by atoms with Crippen molar-refractivity contribution in [1.82, 2.24) is 0 Å². The van der Waals surface area contributed by atoms with Crippen LogP contribution in [-0.4, -0.2) is 31.4 Å². The van der Waals surface area contributed by atoms with Gasteiger partial charge in [0.25, 0.3) is 0 Å². The smallest absolute Gasteiger partial charge is 0.337 e. The third-order valence-electron chi connectivity index (χ3n) is 5.21. The van der Waals surface area contributed by atoms with Crippen LogP contribution in [0.15, 0.2) is 42.5 Å². The third kappa shape index (κ3) is 4.31. The fourth-order valence-electron chi connectivity index (χ4n) is 3.70. The molecule has 1 aliphatic rings. The zero-order valence-electron chi connectivity index (χ0n) is 17.2. The maximum atomic E-state index is 12.8. The van der Waals surface area contributed by atoms with Crippen LogP contribution >= 0.6 is 0 Å². The van der Waals surface area contributed by atoms with Crippen molar-refractivity contribution in [2.75, 3.05) is 23.9 Å². The van der Waals surface area contributed by atoms with Crippen molar-refractivity contribution in [3.05, 3.63) is 59.2 Å². The molecule has 1 aliphatic heterocycles. The van der Waals surface area contributed by atoms with Gasteiger partial charge in [-0.25, -0.2) is 4.79 Å². The van der Waals surface area contributed by atoms with E-state index in [1.807, 2.05) is 25.1 Å². The number of ether oxygens (including phenoxy) is 1. The first kappa shape index (κ1) is 20.6. The summed E-state index contributed by atoms with van der Waals surface area (Å²) in [6, 6.07) is 12.6. The molecule has 0 aliphatic carbocycles. The average Bonchev–Trinajstić information content (AvgIpc) is 3.08. The molecule has 3 rings (SSSR count). The summed E-state index contributed by atoms with van der Waals surface area (Å²) in [6.07, 6.45) is 0.161. The Labute approximate surface area is 170 Å². The number of amides is 2. The summed E-state index contributed by atoms with van der Waals surface area (Å²) in [6.45, 7) is 6.51. The van der Waals surface area contributed by atoms with Gasteiger partial charge in [0.1, 0.15) is 0 Å². The largest absolute Gasteiger partial charge is 0.465 e. The summed E-state index contributed by atoms with van der Waals surface area (Å²) >= 11 is 0. The Hall–Kier alpha value is -3.15. The Kier molecular flexibility index (Phi) is 6.01. The Bertz CT molecular complexity index is 952. The van der Waals surface area contributed by atoms with Gasteiger partial charge in [-0.15, -0.1) is 0 Å². The number of nitrogens with zero attached hydrogens (tertiary/aromatic N) is 1. The normalized spacial score (nSPS) is 16.2. The second kappa shape index (κ2) is 8.47. The Morgan fingerprint density at radius 3 is 2.59 bits per heavy atom. The maximum Gasteiger partial charge on any atom is 0.337 e. The minimum Gasteiger partial charge on any atom is -0.465 e. The first-order chi connectivity index (χ1) is 13.8. The number of rotatable bonds is 5. The molecule has 2 aromatic carbocycles. The van der Waals surface area contributed by atoms with E-state index in [0.29, 0.717) is 17.8 Å². The Morgan fingerprint density at radius 1 is 1.17 bits per heavy atom. The van der Waals surface area contributed by atoms with Gasteiger partial charge in [0.2, 0.25) is 11.8 Å². The lowest BCUT2D eigenvalue weighted by molar-refractivity contribution is -0.122. The van der Waals surface area contributed by atoms with Crippen molar-refractivity contribution in [3.63, 3.8) is 0 Å². The van der Waals surface area contributed by atoms with E-state index >= 15 is 0 Å². The Balaban J connectivity index is 1.78. The zero-order chi connectivity index (χ0) is 21.1. The number of carbonyl (C=O) groups is 3. The summed E-state index contributed by atoms with van der Waals surface area (Å²) in [7, 11) is 1.31. The van der Waals surface area contributed by atoms with Crippen molar-refractivity contribution in [2.45, 2.75) is 33.1 Å². The standard InChI is InChI=1S/C23H26N2O4/c1-14(2)19-10-5-7-15(3)21(19)25-13-17(12-20(25)26)22(27)24-18-9-6-8-16(11-18)23(28)29-4/h5-11,14,17H,12-13H2,1-4H3,(H,24,27). The number of hydrogen-bond donors (Lipinski definition) is 1. The summed E-state index contributed by atoms with van der Waals surface area (Å²) < 4.78 is 4.71. The van der Waals surface area contributed by atoms with Gasteiger partial charge in [-0.3, -0.25) is 9.59 Å². The van der Waals surface area contributed by atoms with Gasteiger partial charge < -0.3 is 15.0 Å². The van der Waals surface area contributed by atoms with E-state index in [1.165, 1.54) is 7.11 Å². The predicted molar refractivity (Wildman–Crippen MR) is 112 cm³/mol. The molecule has 0 aromatic heterocycles. The highest BCUT2D eigenvalue weighted by Gasteiger charge is 2.36. The number of aryl methyl sites for hydroxylation is 1. The number of hydrogen-bond acceptors (Lipinski definition) is 4. The molecule has 1 atom stereocenters. The summed E-state index contributed by atoms with van der Waals surface area (Å²) in [5.74, 6) is -0.938. The molecule has 6 heteroatoms. The first-order valence-corrected chi connectivity index (χ1v) is 9.71. The minimum atomic E-state index is -0.468. The lowest BCUT2D eigenvalue weighted by atomic mass is 9.97. The predicted octanol–water partition coefficient (Wildman–Crippen LogP) is 3.90. The van der Waals surface area contributed by atoms with Crippen LogP contribution < -0.4 is 10.2 Å². The molecule has 1 fully saturated rings. The molecule has 0 bridgehead atoms. The second-order valence-corrected chi connectivity index (χ2v) is 7.63. The number of carbonyl (C=O) groups excluding carboxylic acids is 3. The third-order valence-corrected chi connectivity index (χ3v) is 5.21.